The molecule has 1 N–H and O–H groups in total. The third kappa shape index (κ3) is 4.43. The Kier molecular flexibility index (Phi) is 6.27. The first-order chi connectivity index (χ1) is 11.8. The van der Waals surface area contributed by atoms with Crippen molar-refractivity contribution in [3.63, 3.8) is 0 Å². The molecule has 1 saturated heterocycles. The highest BCUT2D eigenvalue weighted by atomic mass is 32.2. The monoisotopic (exact) mass is 380 g/mol. The topological polar surface area (TPSA) is 101 Å². The summed E-state index contributed by atoms with van der Waals surface area (Å²) >= 11 is 6.19. The molecule has 1 atom stereocenters. The number of rotatable bonds is 7. The molecule has 1 fully saturated rings. The standard InChI is InChI=1S/C16H16N2O5S2/c1-2-3-7-12(15(20)21)17-14(19)13(25-16(17)24)9-10-5-4-6-11(8-10)18(22)23/h4-6,8-9,12H,2-3,7H2,1H3,(H,20,21). The second-order valence-electron chi connectivity index (χ2n) is 5.40. The van der Waals surface area contributed by atoms with Gasteiger partial charge in [0.1, 0.15) is 10.4 Å². The maximum atomic E-state index is 12.6. The zero-order valence-electron chi connectivity index (χ0n) is 13.4. The number of hydrogen-bond acceptors (Lipinski definition) is 6. The summed E-state index contributed by atoms with van der Waals surface area (Å²) in [7, 11) is 0. The Labute approximate surface area is 153 Å². The predicted molar refractivity (Wildman–Crippen MR) is 99.1 cm³/mol. The van der Waals surface area contributed by atoms with Crippen LogP contribution >= 0.6 is 24.0 Å². The number of unbranched alkanes of at least 4 members (excludes halogenated alkanes) is 1. The Morgan fingerprint density at radius 3 is 2.84 bits per heavy atom. The number of thioether (sulfide) groups is 1. The molecule has 1 aromatic rings. The van der Waals surface area contributed by atoms with Gasteiger partial charge in [-0.2, -0.15) is 0 Å². The van der Waals surface area contributed by atoms with Gasteiger partial charge in [-0.3, -0.25) is 19.8 Å². The van der Waals surface area contributed by atoms with Gasteiger partial charge in [-0.1, -0.05) is 55.9 Å². The molecule has 132 valence electrons. The number of carbonyl (C=O) groups excluding carboxylic acids is 1. The second-order valence-corrected chi connectivity index (χ2v) is 7.08. The third-order valence-corrected chi connectivity index (χ3v) is 4.96. The molecule has 7 nitrogen and oxygen atoms in total. The summed E-state index contributed by atoms with van der Waals surface area (Å²) in [6.07, 6.45) is 3.29. The maximum Gasteiger partial charge on any atom is 0.326 e. The summed E-state index contributed by atoms with van der Waals surface area (Å²) in [4.78, 5) is 35.8. The average Bonchev–Trinajstić information content (AvgIpc) is 2.83. The van der Waals surface area contributed by atoms with Crippen molar-refractivity contribution in [3.8, 4) is 0 Å². The lowest BCUT2D eigenvalue weighted by Gasteiger charge is -2.22. The number of carbonyl (C=O) groups is 2. The number of amides is 1. The van der Waals surface area contributed by atoms with Crippen LogP contribution in [0, 0.1) is 10.1 Å². The molecule has 0 saturated carbocycles. The van der Waals surface area contributed by atoms with E-state index in [1.165, 1.54) is 24.3 Å². The zero-order valence-corrected chi connectivity index (χ0v) is 15.0. The predicted octanol–water partition coefficient (Wildman–Crippen LogP) is 3.44. The third-order valence-electron chi connectivity index (χ3n) is 3.63. The lowest BCUT2D eigenvalue weighted by Crippen LogP contribution is -2.43. The van der Waals surface area contributed by atoms with E-state index in [1.54, 1.807) is 6.07 Å². The van der Waals surface area contributed by atoms with Crippen molar-refractivity contribution in [2.45, 2.75) is 32.2 Å². The molecule has 1 aliphatic rings. The summed E-state index contributed by atoms with van der Waals surface area (Å²) in [5.41, 5.74) is 0.394. The fourth-order valence-electron chi connectivity index (χ4n) is 2.39. The highest BCUT2D eigenvalue weighted by Gasteiger charge is 2.40. The van der Waals surface area contributed by atoms with Crippen LogP contribution in [0.5, 0.6) is 0 Å². The molecule has 0 aliphatic carbocycles. The summed E-state index contributed by atoms with van der Waals surface area (Å²) in [6.45, 7) is 1.94. The number of nitrogens with zero attached hydrogens (tertiary/aromatic N) is 2. The molecule has 0 aromatic heterocycles. The summed E-state index contributed by atoms with van der Waals surface area (Å²) in [5, 5.41) is 20.3. The van der Waals surface area contributed by atoms with Gasteiger partial charge in [0.2, 0.25) is 0 Å². The zero-order chi connectivity index (χ0) is 18.6. The highest BCUT2D eigenvalue weighted by Crippen LogP contribution is 2.35. The molecule has 9 heteroatoms. The molecule has 1 heterocycles. The number of benzene rings is 1. The minimum atomic E-state index is -1.10. The van der Waals surface area contributed by atoms with E-state index >= 15 is 0 Å². The number of non-ortho nitro benzene ring substituents is 1. The van der Waals surface area contributed by atoms with E-state index in [0.717, 1.165) is 23.1 Å². The number of aliphatic carboxylic acids is 1. The Morgan fingerprint density at radius 1 is 1.52 bits per heavy atom. The van der Waals surface area contributed by atoms with Crippen LogP contribution in [0.25, 0.3) is 6.08 Å². The van der Waals surface area contributed by atoms with E-state index in [1.807, 2.05) is 6.92 Å². The van der Waals surface area contributed by atoms with Crippen molar-refractivity contribution in [2.75, 3.05) is 0 Å². The van der Waals surface area contributed by atoms with Crippen LogP contribution in [0.2, 0.25) is 0 Å². The molecular formula is C16H16N2O5S2. The second kappa shape index (κ2) is 8.21. The Hall–Kier alpha value is -2.26. The molecule has 2 rings (SSSR count). The van der Waals surface area contributed by atoms with E-state index in [0.29, 0.717) is 18.4 Å². The van der Waals surface area contributed by atoms with E-state index in [9.17, 15) is 24.8 Å². The van der Waals surface area contributed by atoms with Gasteiger partial charge in [0.25, 0.3) is 11.6 Å². The van der Waals surface area contributed by atoms with Gasteiger partial charge < -0.3 is 5.11 Å². The molecule has 25 heavy (non-hydrogen) atoms. The van der Waals surface area contributed by atoms with Crippen molar-refractivity contribution in [3.05, 3.63) is 44.8 Å². The first kappa shape index (κ1) is 19.1. The Morgan fingerprint density at radius 2 is 2.24 bits per heavy atom. The average molecular weight is 380 g/mol. The SMILES string of the molecule is CCCCC(C(=O)O)N1C(=O)C(=Cc2cccc([N+](=O)[O-])c2)SC1=S. The Bertz CT molecular complexity index is 763. The fraction of sp³-hybridized carbons (Fsp3) is 0.312. The molecule has 1 unspecified atom stereocenters. The number of thiocarbonyl (C=S) groups is 1. The molecule has 1 aromatic carbocycles. The quantitative estimate of drug-likeness (QED) is 0.335. The van der Waals surface area contributed by atoms with Crippen LogP contribution in [0.3, 0.4) is 0 Å². The number of carboxylic acid groups (broad SMARTS) is 1. The van der Waals surface area contributed by atoms with E-state index in [4.69, 9.17) is 12.2 Å². The van der Waals surface area contributed by atoms with Crippen molar-refractivity contribution in [1.82, 2.24) is 4.90 Å². The summed E-state index contributed by atoms with van der Waals surface area (Å²) < 4.78 is 0.185. The van der Waals surface area contributed by atoms with Crippen molar-refractivity contribution < 1.29 is 19.6 Å². The minimum absolute atomic E-state index is 0.0874. The van der Waals surface area contributed by atoms with Crippen molar-refractivity contribution in [1.29, 1.82) is 0 Å². The van der Waals surface area contributed by atoms with E-state index in [2.05, 4.69) is 0 Å². The number of hydrogen-bond donors (Lipinski definition) is 1. The van der Waals surface area contributed by atoms with Crippen LogP contribution < -0.4 is 0 Å². The largest absolute Gasteiger partial charge is 0.480 e. The van der Waals surface area contributed by atoms with Gasteiger partial charge in [0, 0.05) is 12.1 Å². The first-order valence-corrected chi connectivity index (χ1v) is 8.82. The first-order valence-electron chi connectivity index (χ1n) is 7.59. The van der Waals surface area contributed by atoms with Crippen LogP contribution in [0.4, 0.5) is 5.69 Å². The minimum Gasteiger partial charge on any atom is -0.480 e. The van der Waals surface area contributed by atoms with Crippen molar-refractivity contribution >= 4 is 51.9 Å². The van der Waals surface area contributed by atoms with Gasteiger partial charge >= 0.3 is 5.97 Å². The lowest BCUT2D eigenvalue weighted by atomic mass is 10.1. The molecule has 1 amide bonds. The molecule has 0 radical (unpaired) electrons. The molecular weight excluding hydrogens is 364 g/mol. The van der Waals surface area contributed by atoms with E-state index < -0.39 is 22.8 Å². The highest BCUT2D eigenvalue weighted by molar-refractivity contribution is 8.26. The van der Waals surface area contributed by atoms with Gasteiger partial charge in [-0.05, 0) is 18.1 Å². The maximum absolute atomic E-state index is 12.6. The molecule has 1 aliphatic heterocycles. The van der Waals surface area contributed by atoms with Crippen LogP contribution in [-0.2, 0) is 9.59 Å². The van der Waals surface area contributed by atoms with Crippen molar-refractivity contribution in [2.24, 2.45) is 0 Å². The van der Waals surface area contributed by atoms with Crippen LogP contribution in [0.1, 0.15) is 31.7 Å². The van der Waals surface area contributed by atoms with E-state index in [-0.39, 0.29) is 14.9 Å². The van der Waals surface area contributed by atoms with Crippen LogP contribution in [-0.4, -0.2) is 37.2 Å². The normalized spacial score (nSPS) is 17.2. The van der Waals surface area contributed by atoms with Gasteiger partial charge in [-0.15, -0.1) is 0 Å². The smallest absolute Gasteiger partial charge is 0.326 e. The molecule has 0 bridgehead atoms. The van der Waals surface area contributed by atoms with Gasteiger partial charge in [-0.25, -0.2) is 4.79 Å². The fourth-order valence-corrected chi connectivity index (χ4v) is 3.75. The van der Waals surface area contributed by atoms with Crippen LogP contribution in [0.15, 0.2) is 29.2 Å². The Balaban J connectivity index is 2.29. The number of nitro benzene ring substituents is 1. The van der Waals surface area contributed by atoms with Gasteiger partial charge in [0.15, 0.2) is 0 Å². The lowest BCUT2D eigenvalue weighted by molar-refractivity contribution is -0.384. The van der Waals surface area contributed by atoms with Gasteiger partial charge in [0.05, 0.1) is 9.83 Å². The molecule has 0 spiro atoms. The number of carboxylic acids is 1. The summed E-state index contributed by atoms with van der Waals surface area (Å²) in [6, 6.07) is 4.85. The number of nitro groups is 1. The summed E-state index contributed by atoms with van der Waals surface area (Å²) in [5.74, 6) is -1.58.